The molecular weight excluding hydrogens is 356 g/mol. The number of ether oxygens (including phenoxy) is 3. The van der Waals surface area contributed by atoms with Crippen molar-refractivity contribution in [3.63, 3.8) is 0 Å². The van der Waals surface area contributed by atoms with Crippen LogP contribution in [0.5, 0.6) is 5.75 Å². The van der Waals surface area contributed by atoms with Gasteiger partial charge in [-0.05, 0) is 43.4 Å². The Labute approximate surface area is 170 Å². The van der Waals surface area contributed by atoms with E-state index >= 15 is 0 Å². The number of hydrogen-bond donors (Lipinski definition) is 2. The molecule has 1 unspecified atom stereocenters. The van der Waals surface area contributed by atoms with Gasteiger partial charge in [-0.25, -0.2) is 0 Å². The molecule has 0 aliphatic heterocycles. The Balaban J connectivity index is 2.22. The standard InChI is InChI=1S/C22H38N2O4/c1-4-5-12-24-22(25)9-6-8-20(23)17-27-16-19-11-10-18(2)21(15-19)28-14-7-13-26-3/h10-11,15,20H,4-9,12-14,16-17,23H2,1-3H3,(H,24,25). The summed E-state index contributed by atoms with van der Waals surface area (Å²) in [5.74, 6) is 0.995. The molecule has 1 atom stereocenters. The molecule has 0 bridgehead atoms. The highest BCUT2D eigenvalue weighted by atomic mass is 16.5. The summed E-state index contributed by atoms with van der Waals surface area (Å²) in [4.78, 5) is 11.7. The average molecular weight is 395 g/mol. The van der Waals surface area contributed by atoms with Crippen molar-refractivity contribution in [3.05, 3.63) is 29.3 Å². The van der Waals surface area contributed by atoms with Crippen molar-refractivity contribution >= 4 is 5.91 Å². The van der Waals surface area contributed by atoms with Crippen molar-refractivity contribution in [1.82, 2.24) is 5.32 Å². The van der Waals surface area contributed by atoms with Gasteiger partial charge in [0.15, 0.2) is 0 Å². The number of amides is 1. The molecule has 1 aromatic carbocycles. The van der Waals surface area contributed by atoms with Crippen LogP contribution in [-0.4, -0.2) is 45.4 Å². The smallest absolute Gasteiger partial charge is 0.219 e. The minimum Gasteiger partial charge on any atom is -0.493 e. The fourth-order valence-electron chi connectivity index (χ4n) is 2.70. The van der Waals surface area contributed by atoms with Crippen molar-refractivity contribution in [2.75, 3.05) is 33.5 Å². The van der Waals surface area contributed by atoms with E-state index in [1.807, 2.05) is 25.1 Å². The molecule has 1 aromatic rings. The van der Waals surface area contributed by atoms with Gasteiger partial charge < -0.3 is 25.3 Å². The van der Waals surface area contributed by atoms with Crippen molar-refractivity contribution < 1.29 is 19.0 Å². The molecule has 0 aliphatic rings. The molecule has 6 heteroatoms. The third kappa shape index (κ3) is 11.3. The molecular formula is C22H38N2O4. The normalized spacial score (nSPS) is 12.0. The van der Waals surface area contributed by atoms with E-state index in [1.165, 1.54) is 0 Å². The van der Waals surface area contributed by atoms with Crippen LogP contribution < -0.4 is 15.8 Å². The Bertz CT molecular complexity index is 551. The second kappa shape index (κ2) is 15.3. The molecule has 1 rings (SSSR count). The number of aryl methyl sites for hydroxylation is 1. The Morgan fingerprint density at radius 3 is 2.79 bits per heavy atom. The Morgan fingerprint density at radius 2 is 2.04 bits per heavy atom. The summed E-state index contributed by atoms with van der Waals surface area (Å²) < 4.78 is 16.6. The van der Waals surface area contributed by atoms with E-state index in [9.17, 15) is 4.79 Å². The molecule has 0 heterocycles. The molecule has 28 heavy (non-hydrogen) atoms. The summed E-state index contributed by atoms with van der Waals surface area (Å²) in [6.07, 6.45) is 5.07. The number of nitrogens with one attached hydrogen (secondary N) is 1. The Kier molecular flexibility index (Phi) is 13.3. The maximum Gasteiger partial charge on any atom is 0.219 e. The highest BCUT2D eigenvalue weighted by molar-refractivity contribution is 5.75. The van der Waals surface area contributed by atoms with Crippen LogP contribution in [0.3, 0.4) is 0 Å². The van der Waals surface area contributed by atoms with E-state index in [0.717, 1.165) is 55.5 Å². The SMILES string of the molecule is CCCCNC(=O)CCCC(N)COCc1ccc(C)c(OCCCOC)c1. The Morgan fingerprint density at radius 1 is 1.21 bits per heavy atom. The fourth-order valence-corrected chi connectivity index (χ4v) is 2.70. The lowest BCUT2D eigenvalue weighted by molar-refractivity contribution is -0.121. The molecule has 0 spiro atoms. The number of hydrogen-bond acceptors (Lipinski definition) is 5. The molecule has 6 nitrogen and oxygen atoms in total. The predicted octanol–water partition coefficient (Wildman–Crippen LogP) is 3.34. The number of carbonyl (C=O) groups excluding carboxylic acids is 1. The summed E-state index contributed by atoms with van der Waals surface area (Å²) in [6, 6.07) is 6.05. The zero-order valence-electron chi connectivity index (χ0n) is 17.8. The lowest BCUT2D eigenvalue weighted by atomic mass is 10.1. The van der Waals surface area contributed by atoms with Crippen LogP contribution in [0.1, 0.15) is 56.6 Å². The zero-order valence-corrected chi connectivity index (χ0v) is 17.8. The number of methoxy groups -OCH3 is 1. The second-order valence-electron chi connectivity index (χ2n) is 7.17. The van der Waals surface area contributed by atoms with Gasteiger partial charge in [0.05, 0.1) is 19.8 Å². The van der Waals surface area contributed by atoms with Crippen molar-refractivity contribution in [3.8, 4) is 5.75 Å². The Hall–Kier alpha value is -1.63. The maximum atomic E-state index is 11.7. The molecule has 0 fully saturated rings. The van der Waals surface area contributed by atoms with Gasteiger partial charge in [-0.3, -0.25) is 4.79 Å². The number of carbonyl (C=O) groups is 1. The van der Waals surface area contributed by atoms with Crippen molar-refractivity contribution in [2.24, 2.45) is 5.73 Å². The van der Waals surface area contributed by atoms with Crippen LogP contribution in [0.4, 0.5) is 0 Å². The minimum atomic E-state index is -0.0568. The molecule has 1 amide bonds. The first-order valence-electron chi connectivity index (χ1n) is 10.4. The summed E-state index contributed by atoms with van der Waals surface area (Å²) in [6.45, 7) is 7.22. The van der Waals surface area contributed by atoms with Crippen LogP contribution in [0, 0.1) is 6.92 Å². The molecule has 3 N–H and O–H groups in total. The molecule has 160 valence electrons. The van der Waals surface area contributed by atoms with E-state index in [-0.39, 0.29) is 11.9 Å². The lowest BCUT2D eigenvalue weighted by Crippen LogP contribution is -2.28. The van der Waals surface area contributed by atoms with Crippen molar-refractivity contribution in [2.45, 2.75) is 65.0 Å². The number of nitrogens with two attached hydrogens (primary N) is 1. The second-order valence-corrected chi connectivity index (χ2v) is 7.17. The summed E-state index contributed by atoms with van der Waals surface area (Å²) in [5.41, 5.74) is 8.27. The highest BCUT2D eigenvalue weighted by Crippen LogP contribution is 2.20. The van der Waals surface area contributed by atoms with Gasteiger partial charge in [0.2, 0.25) is 5.91 Å². The van der Waals surface area contributed by atoms with Gasteiger partial charge in [0.1, 0.15) is 5.75 Å². The molecule has 0 aromatic heterocycles. The number of benzene rings is 1. The predicted molar refractivity (Wildman–Crippen MR) is 113 cm³/mol. The lowest BCUT2D eigenvalue weighted by Gasteiger charge is -2.14. The number of unbranched alkanes of at least 4 members (excludes halogenated alkanes) is 1. The first-order chi connectivity index (χ1) is 13.6. The van der Waals surface area contributed by atoms with Crippen molar-refractivity contribution in [1.29, 1.82) is 0 Å². The monoisotopic (exact) mass is 394 g/mol. The van der Waals surface area contributed by atoms with Gasteiger partial charge >= 0.3 is 0 Å². The third-order valence-corrected chi connectivity index (χ3v) is 4.43. The summed E-state index contributed by atoms with van der Waals surface area (Å²) in [7, 11) is 1.69. The van der Waals surface area contributed by atoms with Gasteiger partial charge in [0.25, 0.3) is 0 Å². The average Bonchev–Trinajstić information content (AvgIpc) is 2.67. The largest absolute Gasteiger partial charge is 0.493 e. The van der Waals surface area contributed by atoms with E-state index < -0.39 is 0 Å². The van der Waals surface area contributed by atoms with Gasteiger partial charge in [-0.2, -0.15) is 0 Å². The quantitative estimate of drug-likeness (QED) is 0.420. The van der Waals surface area contributed by atoms with E-state index in [0.29, 0.717) is 32.8 Å². The van der Waals surface area contributed by atoms with Crippen LogP contribution in [0.25, 0.3) is 0 Å². The van der Waals surface area contributed by atoms with E-state index in [2.05, 4.69) is 12.2 Å². The topological polar surface area (TPSA) is 82.8 Å². The molecule has 0 aliphatic carbocycles. The zero-order chi connectivity index (χ0) is 20.6. The highest BCUT2D eigenvalue weighted by Gasteiger charge is 2.07. The van der Waals surface area contributed by atoms with Gasteiger partial charge in [-0.1, -0.05) is 25.5 Å². The van der Waals surface area contributed by atoms with Gasteiger partial charge in [0, 0.05) is 39.1 Å². The minimum absolute atomic E-state index is 0.0568. The van der Waals surface area contributed by atoms with Crippen LogP contribution >= 0.6 is 0 Å². The molecule has 0 saturated heterocycles. The molecule has 0 saturated carbocycles. The van der Waals surface area contributed by atoms with Crippen LogP contribution in [-0.2, 0) is 20.9 Å². The fraction of sp³-hybridized carbons (Fsp3) is 0.682. The van der Waals surface area contributed by atoms with Crippen LogP contribution in [0.2, 0.25) is 0 Å². The number of rotatable bonds is 16. The third-order valence-electron chi connectivity index (χ3n) is 4.43. The van der Waals surface area contributed by atoms with Gasteiger partial charge in [-0.15, -0.1) is 0 Å². The molecule has 0 radical (unpaired) electrons. The first kappa shape index (κ1) is 24.4. The van der Waals surface area contributed by atoms with E-state index in [4.69, 9.17) is 19.9 Å². The van der Waals surface area contributed by atoms with Crippen LogP contribution in [0.15, 0.2) is 18.2 Å². The maximum absolute atomic E-state index is 11.7. The first-order valence-corrected chi connectivity index (χ1v) is 10.4. The summed E-state index contributed by atoms with van der Waals surface area (Å²) in [5, 5.41) is 2.92. The van der Waals surface area contributed by atoms with E-state index in [1.54, 1.807) is 7.11 Å². The summed E-state index contributed by atoms with van der Waals surface area (Å²) >= 11 is 0.